The zero-order valence-electron chi connectivity index (χ0n) is 11.7. The van der Waals surface area contributed by atoms with Gasteiger partial charge in [-0.2, -0.15) is 4.68 Å². The van der Waals surface area contributed by atoms with E-state index < -0.39 is 0 Å². The van der Waals surface area contributed by atoms with Crippen LogP contribution in [0.5, 0.6) is 5.88 Å². The van der Waals surface area contributed by atoms with Crippen LogP contribution in [0.15, 0.2) is 36.4 Å². The van der Waals surface area contributed by atoms with Crippen molar-refractivity contribution in [3.05, 3.63) is 36.4 Å². The molecule has 1 fully saturated rings. The number of para-hydroxylation sites is 1. The number of ether oxygens (including phenoxy) is 2. The van der Waals surface area contributed by atoms with Crippen molar-refractivity contribution in [1.82, 2.24) is 9.78 Å². The molecule has 0 bridgehead atoms. The molecule has 0 radical (unpaired) electrons. The average Bonchev–Trinajstić information content (AvgIpc) is 2.94. The topological polar surface area (TPSA) is 39.5 Å². The lowest BCUT2D eigenvalue weighted by Gasteiger charge is -2.26. The number of nitrogens with zero attached hydrogens (tertiary/aromatic N) is 3. The van der Waals surface area contributed by atoms with E-state index in [4.69, 9.17) is 9.47 Å². The van der Waals surface area contributed by atoms with Crippen molar-refractivity contribution in [2.45, 2.75) is 6.92 Å². The highest BCUT2D eigenvalue weighted by atomic mass is 16.5. The number of morpholine rings is 1. The molecule has 5 heteroatoms. The summed E-state index contributed by atoms with van der Waals surface area (Å²) in [5.41, 5.74) is 1.01. The molecule has 1 aromatic heterocycles. The molecule has 2 aromatic rings. The van der Waals surface area contributed by atoms with Gasteiger partial charge in [0.15, 0.2) is 5.82 Å². The van der Waals surface area contributed by atoms with E-state index >= 15 is 0 Å². The zero-order chi connectivity index (χ0) is 13.8. The fourth-order valence-electron chi connectivity index (χ4n) is 2.30. The van der Waals surface area contributed by atoms with Crippen LogP contribution in [0.25, 0.3) is 5.69 Å². The van der Waals surface area contributed by atoms with E-state index in [1.807, 2.05) is 48.0 Å². The molecule has 0 aliphatic carbocycles. The normalized spacial score (nSPS) is 15.3. The predicted molar refractivity (Wildman–Crippen MR) is 77.8 cm³/mol. The largest absolute Gasteiger partial charge is 0.478 e. The number of rotatable bonds is 4. The molecule has 1 aromatic carbocycles. The number of anilines is 1. The van der Waals surface area contributed by atoms with Crippen molar-refractivity contribution >= 4 is 5.82 Å². The Morgan fingerprint density at radius 2 is 1.95 bits per heavy atom. The van der Waals surface area contributed by atoms with Gasteiger partial charge in [0.25, 0.3) is 0 Å². The highest BCUT2D eigenvalue weighted by molar-refractivity contribution is 5.46. The highest BCUT2D eigenvalue weighted by Crippen LogP contribution is 2.25. The maximum atomic E-state index is 5.71. The van der Waals surface area contributed by atoms with E-state index in [0.717, 1.165) is 43.7 Å². The average molecular weight is 273 g/mol. The lowest BCUT2D eigenvalue weighted by atomic mass is 10.3. The third-order valence-corrected chi connectivity index (χ3v) is 3.29. The van der Waals surface area contributed by atoms with E-state index in [1.165, 1.54) is 0 Å². The molecule has 0 atom stereocenters. The summed E-state index contributed by atoms with van der Waals surface area (Å²) >= 11 is 0. The van der Waals surface area contributed by atoms with Crippen molar-refractivity contribution in [3.8, 4) is 11.6 Å². The maximum Gasteiger partial charge on any atom is 0.218 e. The summed E-state index contributed by atoms with van der Waals surface area (Å²) in [6.45, 7) is 5.86. The zero-order valence-corrected chi connectivity index (χ0v) is 11.7. The lowest BCUT2D eigenvalue weighted by Crippen LogP contribution is -2.36. The summed E-state index contributed by atoms with van der Waals surface area (Å²) < 4.78 is 12.9. The minimum absolute atomic E-state index is 0.626. The molecule has 3 rings (SSSR count). The Hall–Kier alpha value is -2.01. The Balaban J connectivity index is 1.93. The number of hydrogen-bond acceptors (Lipinski definition) is 4. The first-order valence-corrected chi connectivity index (χ1v) is 6.99. The van der Waals surface area contributed by atoms with E-state index in [0.29, 0.717) is 6.61 Å². The van der Waals surface area contributed by atoms with E-state index in [2.05, 4.69) is 10.00 Å². The second-order valence-electron chi connectivity index (χ2n) is 4.62. The molecule has 20 heavy (non-hydrogen) atoms. The van der Waals surface area contributed by atoms with Crippen LogP contribution >= 0.6 is 0 Å². The first-order valence-electron chi connectivity index (χ1n) is 6.99. The Morgan fingerprint density at radius 3 is 2.65 bits per heavy atom. The van der Waals surface area contributed by atoms with Crippen LogP contribution < -0.4 is 9.64 Å². The molecular formula is C15H19N3O2. The fraction of sp³-hybridized carbons (Fsp3) is 0.400. The van der Waals surface area contributed by atoms with Gasteiger partial charge in [-0.1, -0.05) is 18.2 Å². The van der Waals surface area contributed by atoms with E-state index in [-0.39, 0.29) is 0 Å². The van der Waals surface area contributed by atoms with Crippen molar-refractivity contribution in [3.63, 3.8) is 0 Å². The summed E-state index contributed by atoms with van der Waals surface area (Å²) in [7, 11) is 0. The van der Waals surface area contributed by atoms with Gasteiger partial charge in [0.2, 0.25) is 5.88 Å². The summed E-state index contributed by atoms with van der Waals surface area (Å²) in [5, 5.41) is 4.68. The van der Waals surface area contributed by atoms with Crippen molar-refractivity contribution < 1.29 is 9.47 Å². The summed E-state index contributed by atoms with van der Waals surface area (Å²) in [6.07, 6.45) is 0. The Morgan fingerprint density at radius 1 is 1.20 bits per heavy atom. The van der Waals surface area contributed by atoms with Crippen molar-refractivity contribution in [1.29, 1.82) is 0 Å². The van der Waals surface area contributed by atoms with Crippen LogP contribution in [-0.2, 0) is 4.74 Å². The van der Waals surface area contributed by atoms with Gasteiger partial charge in [0, 0.05) is 19.2 Å². The van der Waals surface area contributed by atoms with Crippen LogP contribution in [-0.4, -0.2) is 42.7 Å². The third kappa shape index (κ3) is 2.63. The van der Waals surface area contributed by atoms with Crippen LogP contribution in [0, 0.1) is 0 Å². The number of hydrogen-bond donors (Lipinski definition) is 0. The first kappa shape index (κ1) is 13.0. The van der Waals surface area contributed by atoms with Crippen LogP contribution in [0.1, 0.15) is 6.92 Å². The van der Waals surface area contributed by atoms with Gasteiger partial charge in [0.05, 0.1) is 25.5 Å². The van der Waals surface area contributed by atoms with Crippen molar-refractivity contribution in [2.75, 3.05) is 37.8 Å². The van der Waals surface area contributed by atoms with Crippen LogP contribution in [0.3, 0.4) is 0 Å². The van der Waals surface area contributed by atoms with Gasteiger partial charge in [-0.25, -0.2) is 0 Å². The van der Waals surface area contributed by atoms with E-state index in [1.54, 1.807) is 0 Å². The Labute approximate surface area is 118 Å². The second kappa shape index (κ2) is 5.96. The van der Waals surface area contributed by atoms with E-state index in [9.17, 15) is 0 Å². The Bertz CT molecular complexity index is 548. The molecule has 2 heterocycles. The minimum atomic E-state index is 0.626. The fourth-order valence-corrected chi connectivity index (χ4v) is 2.30. The molecule has 0 amide bonds. The summed E-state index contributed by atoms with van der Waals surface area (Å²) in [5.74, 6) is 1.72. The number of benzene rings is 1. The molecular weight excluding hydrogens is 254 g/mol. The lowest BCUT2D eigenvalue weighted by molar-refractivity contribution is 0.122. The second-order valence-corrected chi connectivity index (χ2v) is 4.62. The van der Waals surface area contributed by atoms with Crippen LogP contribution in [0.2, 0.25) is 0 Å². The smallest absolute Gasteiger partial charge is 0.218 e. The standard InChI is InChI=1S/C15H19N3O2/c1-2-20-15-12-14(17-8-10-19-11-9-17)16-18(15)13-6-4-3-5-7-13/h3-7,12H,2,8-11H2,1H3. The molecule has 0 unspecified atom stereocenters. The Kier molecular flexibility index (Phi) is 3.87. The van der Waals surface area contributed by atoms with Gasteiger partial charge in [0.1, 0.15) is 0 Å². The third-order valence-electron chi connectivity index (χ3n) is 3.29. The summed E-state index contributed by atoms with van der Waals surface area (Å²) in [4.78, 5) is 2.23. The SMILES string of the molecule is CCOc1cc(N2CCOCC2)nn1-c1ccccc1. The predicted octanol–water partition coefficient (Wildman–Crippen LogP) is 2.11. The first-order chi connectivity index (χ1) is 9.88. The molecule has 106 valence electrons. The van der Waals surface area contributed by atoms with Gasteiger partial charge < -0.3 is 14.4 Å². The van der Waals surface area contributed by atoms with Crippen molar-refractivity contribution in [2.24, 2.45) is 0 Å². The minimum Gasteiger partial charge on any atom is -0.478 e. The van der Waals surface area contributed by atoms with Gasteiger partial charge in [-0.3, -0.25) is 0 Å². The number of aromatic nitrogens is 2. The highest BCUT2D eigenvalue weighted by Gasteiger charge is 2.17. The molecule has 0 N–H and O–H groups in total. The van der Waals surface area contributed by atoms with Gasteiger partial charge in [-0.05, 0) is 19.1 Å². The molecule has 1 aliphatic rings. The van der Waals surface area contributed by atoms with Crippen LogP contribution in [0.4, 0.5) is 5.82 Å². The molecule has 1 saturated heterocycles. The molecule has 0 saturated carbocycles. The van der Waals surface area contributed by atoms with Gasteiger partial charge in [-0.15, -0.1) is 5.10 Å². The molecule has 5 nitrogen and oxygen atoms in total. The monoisotopic (exact) mass is 273 g/mol. The molecule has 0 spiro atoms. The summed E-state index contributed by atoms with van der Waals surface area (Å²) in [6, 6.07) is 12.1. The quantitative estimate of drug-likeness (QED) is 0.855. The van der Waals surface area contributed by atoms with Gasteiger partial charge >= 0.3 is 0 Å². The molecule has 1 aliphatic heterocycles. The maximum absolute atomic E-state index is 5.71.